The van der Waals surface area contributed by atoms with Gasteiger partial charge in [-0.3, -0.25) is 4.79 Å². The van der Waals surface area contributed by atoms with Crippen LogP contribution in [-0.4, -0.2) is 63.0 Å². The quantitative estimate of drug-likeness (QED) is 0.769. The number of piperidine rings is 1. The van der Waals surface area contributed by atoms with E-state index >= 15 is 0 Å². The van der Waals surface area contributed by atoms with E-state index in [4.69, 9.17) is 0 Å². The molecule has 1 aliphatic rings. The smallest absolute Gasteiger partial charge is 0.254 e. The second-order valence-electron chi connectivity index (χ2n) is 6.43. The Morgan fingerprint density at radius 3 is 2.88 bits per heavy atom. The summed E-state index contributed by atoms with van der Waals surface area (Å²) < 4.78 is 1.67. The number of aromatic nitrogens is 3. The molecule has 0 radical (unpaired) electrons. The molecule has 2 N–H and O–H groups in total. The average Bonchev–Trinajstić information content (AvgIpc) is 3.02. The topological polar surface area (TPSA) is 83.3 Å². The molecule has 3 rings (SSSR count). The van der Waals surface area contributed by atoms with Gasteiger partial charge in [-0.15, -0.1) is 0 Å². The minimum absolute atomic E-state index is 0.103. The van der Waals surface area contributed by atoms with Crippen LogP contribution >= 0.6 is 0 Å². The van der Waals surface area contributed by atoms with Crippen LogP contribution in [-0.2, 0) is 0 Å². The molecule has 2 aromatic heterocycles. The molecule has 0 spiro atoms. The third kappa shape index (κ3) is 4.43. The van der Waals surface area contributed by atoms with E-state index in [1.807, 2.05) is 25.1 Å². The average molecular weight is 343 g/mol. The van der Waals surface area contributed by atoms with E-state index < -0.39 is 0 Å². The molecule has 0 saturated carbocycles. The van der Waals surface area contributed by atoms with Gasteiger partial charge in [0.25, 0.3) is 5.91 Å². The van der Waals surface area contributed by atoms with E-state index in [9.17, 15) is 9.90 Å². The van der Waals surface area contributed by atoms with Crippen molar-refractivity contribution in [3.05, 3.63) is 41.9 Å². The maximum Gasteiger partial charge on any atom is 0.254 e. The molecule has 1 fully saturated rings. The highest BCUT2D eigenvalue weighted by Gasteiger charge is 2.17. The molecule has 0 bridgehead atoms. The third-order valence-corrected chi connectivity index (χ3v) is 4.61. The molecular formula is C18H25N5O2. The molecule has 2 aromatic rings. The number of carbonyl (C=O) groups is 1. The highest BCUT2D eigenvalue weighted by molar-refractivity contribution is 5.95. The minimum atomic E-state index is -0.144. The number of rotatable bonds is 6. The van der Waals surface area contributed by atoms with Gasteiger partial charge in [0.05, 0.1) is 23.6 Å². The monoisotopic (exact) mass is 343 g/mol. The molecule has 25 heavy (non-hydrogen) atoms. The summed E-state index contributed by atoms with van der Waals surface area (Å²) in [5, 5.41) is 16.8. The van der Waals surface area contributed by atoms with Crippen molar-refractivity contribution in [2.45, 2.75) is 32.3 Å². The number of nitrogens with one attached hydrogen (secondary N) is 1. The number of aliphatic hydroxyl groups is 1. The van der Waals surface area contributed by atoms with Crippen LogP contribution in [0.1, 0.15) is 35.3 Å². The van der Waals surface area contributed by atoms with Crippen molar-refractivity contribution in [3.63, 3.8) is 0 Å². The molecule has 1 saturated heterocycles. The second-order valence-corrected chi connectivity index (χ2v) is 6.43. The SMILES string of the molecule is Cc1c(C(=O)NCCCN2CCC(O)CC2)cnn1-c1ccccn1. The van der Waals surface area contributed by atoms with Crippen molar-refractivity contribution in [3.8, 4) is 5.82 Å². The number of nitrogens with zero attached hydrogens (tertiary/aromatic N) is 4. The van der Waals surface area contributed by atoms with E-state index in [2.05, 4.69) is 20.3 Å². The summed E-state index contributed by atoms with van der Waals surface area (Å²) in [6.45, 7) is 5.32. The van der Waals surface area contributed by atoms with Gasteiger partial charge in [0.1, 0.15) is 0 Å². The van der Waals surface area contributed by atoms with Crippen LogP contribution in [0.3, 0.4) is 0 Å². The van der Waals surface area contributed by atoms with Gasteiger partial charge in [0, 0.05) is 25.8 Å². The molecule has 7 nitrogen and oxygen atoms in total. The first-order valence-corrected chi connectivity index (χ1v) is 8.80. The van der Waals surface area contributed by atoms with Crippen LogP contribution in [0.4, 0.5) is 0 Å². The number of hydrogen-bond donors (Lipinski definition) is 2. The van der Waals surface area contributed by atoms with Crippen LogP contribution in [0, 0.1) is 6.92 Å². The van der Waals surface area contributed by atoms with E-state index in [0.29, 0.717) is 17.9 Å². The molecule has 134 valence electrons. The van der Waals surface area contributed by atoms with Gasteiger partial charge in [0.15, 0.2) is 5.82 Å². The summed E-state index contributed by atoms with van der Waals surface area (Å²) in [4.78, 5) is 19.0. The van der Waals surface area contributed by atoms with E-state index in [-0.39, 0.29) is 12.0 Å². The fraction of sp³-hybridized carbons (Fsp3) is 0.500. The number of hydrogen-bond acceptors (Lipinski definition) is 5. The Balaban J connectivity index is 1.48. The van der Waals surface area contributed by atoms with Gasteiger partial charge in [0.2, 0.25) is 0 Å². The number of likely N-dealkylation sites (tertiary alicyclic amines) is 1. The van der Waals surface area contributed by atoms with Crippen molar-refractivity contribution in [1.29, 1.82) is 0 Å². The Morgan fingerprint density at radius 1 is 1.36 bits per heavy atom. The Hall–Kier alpha value is -2.25. The summed E-state index contributed by atoms with van der Waals surface area (Å²) in [5.74, 6) is 0.597. The van der Waals surface area contributed by atoms with Gasteiger partial charge in [-0.25, -0.2) is 9.67 Å². The predicted octanol–water partition coefficient (Wildman–Crippen LogP) is 1.15. The maximum atomic E-state index is 12.4. The zero-order chi connectivity index (χ0) is 17.6. The number of amides is 1. The Morgan fingerprint density at radius 2 is 2.16 bits per heavy atom. The Kier molecular flexibility index (Phi) is 5.78. The second kappa shape index (κ2) is 8.22. The van der Waals surface area contributed by atoms with Gasteiger partial charge < -0.3 is 15.3 Å². The van der Waals surface area contributed by atoms with Crippen molar-refractivity contribution in [1.82, 2.24) is 25.0 Å². The van der Waals surface area contributed by atoms with Crippen LogP contribution in [0.2, 0.25) is 0 Å². The Bertz CT molecular complexity index is 693. The lowest BCUT2D eigenvalue weighted by Gasteiger charge is -2.29. The minimum Gasteiger partial charge on any atom is -0.393 e. The standard InChI is InChI=1S/C18H25N5O2/c1-14-16(13-21-23(14)17-5-2-3-8-19-17)18(25)20-9-4-10-22-11-6-15(24)7-12-22/h2-3,5,8,13,15,24H,4,6-7,9-12H2,1H3,(H,20,25). The van der Waals surface area contributed by atoms with Crippen molar-refractivity contribution in [2.24, 2.45) is 0 Å². The van der Waals surface area contributed by atoms with E-state index in [0.717, 1.165) is 44.6 Å². The first-order valence-electron chi connectivity index (χ1n) is 8.80. The summed E-state index contributed by atoms with van der Waals surface area (Å²) in [5.41, 5.74) is 1.35. The van der Waals surface area contributed by atoms with Crippen LogP contribution in [0.25, 0.3) is 5.82 Å². The lowest BCUT2D eigenvalue weighted by molar-refractivity contribution is 0.0816. The summed E-state index contributed by atoms with van der Waals surface area (Å²) in [6, 6.07) is 5.60. The van der Waals surface area contributed by atoms with Gasteiger partial charge in [-0.2, -0.15) is 5.10 Å². The van der Waals surface area contributed by atoms with Crippen LogP contribution < -0.4 is 5.32 Å². The largest absolute Gasteiger partial charge is 0.393 e. The molecule has 3 heterocycles. The molecule has 0 unspecified atom stereocenters. The number of aliphatic hydroxyl groups excluding tert-OH is 1. The zero-order valence-corrected chi connectivity index (χ0v) is 14.6. The normalized spacial score (nSPS) is 16.1. The van der Waals surface area contributed by atoms with Crippen LogP contribution in [0.15, 0.2) is 30.6 Å². The summed E-state index contributed by atoms with van der Waals surface area (Å²) >= 11 is 0. The van der Waals surface area contributed by atoms with Crippen molar-refractivity contribution < 1.29 is 9.90 Å². The van der Waals surface area contributed by atoms with Gasteiger partial charge in [-0.1, -0.05) is 6.07 Å². The predicted molar refractivity (Wildman–Crippen MR) is 94.7 cm³/mol. The van der Waals surface area contributed by atoms with E-state index in [1.54, 1.807) is 17.1 Å². The molecule has 0 aromatic carbocycles. The number of pyridine rings is 1. The van der Waals surface area contributed by atoms with Crippen molar-refractivity contribution >= 4 is 5.91 Å². The van der Waals surface area contributed by atoms with Crippen LogP contribution in [0.5, 0.6) is 0 Å². The van der Waals surface area contributed by atoms with Gasteiger partial charge in [-0.05, 0) is 44.9 Å². The third-order valence-electron chi connectivity index (χ3n) is 4.61. The molecule has 0 atom stereocenters. The first kappa shape index (κ1) is 17.6. The zero-order valence-electron chi connectivity index (χ0n) is 14.6. The Labute approximate surface area is 147 Å². The lowest BCUT2D eigenvalue weighted by Crippen LogP contribution is -2.37. The molecular weight excluding hydrogens is 318 g/mol. The first-order chi connectivity index (χ1) is 12.1. The lowest BCUT2D eigenvalue weighted by atomic mass is 10.1. The maximum absolute atomic E-state index is 12.4. The molecule has 1 amide bonds. The summed E-state index contributed by atoms with van der Waals surface area (Å²) in [6.07, 6.45) is 5.74. The van der Waals surface area contributed by atoms with E-state index in [1.165, 1.54) is 0 Å². The highest BCUT2D eigenvalue weighted by Crippen LogP contribution is 2.12. The highest BCUT2D eigenvalue weighted by atomic mass is 16.3. The van der Waals surface area contributed by atoms with Gasteiger partial charge >= 0.3 is 0 Å². The molecule has 1 aliphatic heterocycles. The molecule has 0 aliphatic carbocycles. The fourth-order valence-corrected chi connectivity index (χ4v) is 3.09. The summed E-state index contributed by atoms with van der Waals surface area (Å²) in [7, 11) is 0. The molecule has 7 heteroatoms. The fourth-order valence-electron chi connectivity index (χ4n) is 3.09. The number of carbonyl (C=O) groups excluding carboxylic acids is 1. The van der Waals surface area contributed by atoms with Crippen molar-refractivity contribution in [2.75, 3.05) is 26.2 Å².